The lowest BCUT2D eigenvalue weighted by atomic mass is 9.88. The van der Waals surface area contributed by atoms with Crippen molar-refractivity contribution in [3.63, 3.8) is 0 Å². The molecule has 0 heterocycles. The molecule has 0 saturated heterocycles. The Morgan fingerprint density at radius 1 is 1.39 bits per heavy atom. The summed E-state index contributed by atoms with van der Waals surface area (Å²) in [6.45, 7) is 6.62. The van der Waals surface area contributed by atoms with Crippen LogP contribution in [0.2, 0.25) is 0 Å². The molecule has 0 radical (unpaired) electrons. The zero-order valence-electron chi connectivity index (χ0n) is 12.0. The molecule has 18 heavy (non-hydrogen) atoms. The fourth-order valence-electron chi connectivity index (χ4n) is 1.78. The summed E-state index contributed by atoms with van der Waals surface area (Å²) in [7, 11) is 3.49. The van der Waals surface area contributed by atoms with E-state index < -0.39 is 0 Å². The fourth-order valence-corrected chi connectivity index (χ4v) is 1.78. The molecule has 0 atom stereocenters. The summed E-state index contributed by atoms with van der Waals surface area (Å²) in [6, 6.07) is 7.81. The van der Waals surface area contributed by atoms with Crippen LogP contribution in [0.1, 0.15) is 32.8 Å². The van der Waals surface area contributed by atoms with Gasteiger partial charge in [0.15, 0.2) is 0 Å². The van der Waals surface area contributed by atoms with E-state index in [0.29, 0.717) is 6.54 Å². The number of hydrogen-bond acceptors (Lipinski definition) is 2. The predicted octanol–water partition coefficient (Wildman–Crippen LogP) is 3.09. The molecular formula is C15H23NO2. The van der Waals surface area contributed by atoms with Crippen LogP contribution in [0.3, 0.4) is 0 Å². The Hall–Kier alpha value is -1.51. The molecule has 0 spiro atoms. The highest BCUT2D eigenvalue weighted by Gasteiger charge is 2.28. The molecule has 0 aliphatic rings. The normalized spacial score (nSPS) is 11.2. The minimum Gasteiger partial charge on any atom is -0.497 e. The Kier molecular flexibility index (Phi) is 4.76. The topological polar surface area (TPSA) is 29.5 Å². The van der Waals surface area contributed by atoms with Crippen LogP contribution in [0.4, 0.5) is 0 Å². The molecular weight excluding hydrogens is 226 g/mol. The van der Waals surface area contributed by atoms with Gasteiger partial charge in [-0.3, -0.25) is 4.79 Å². The zero-order chi connectivity index (χ0) is 13.8. The van der Waals surface area contributed by atoms with Gasteiger partial charge < -0.3 is 9.64 Å². The molecule has 0 saturated carbocycles. The van der Waals surface area contributed by atoms with Gasteiger partial charge in [0.25, 0.3) is 0 Å². The number of benzene rings is 1. The molecule has 1 rings (SSSR count). The van der Waals surface area contributed by atoms with Crippen molar-refractivity contribution < 1.29 is 9.53 Å². The maximum atomic E-state index is 12.2. The van der Waals surface area contributed by atoms with Crippen molar-refractivity contribution in [2.75, 3.05) is 14.2 Å². The summed E-state index contributed by atoms with van der Waals surface area (Å²) < 4.78 is 5.18. The van der Waals surface area contributed by atoms with Crippen molar-refractivity contribution in [2.45, 2.75) is 33.7 Å². The molecule has 0 fully saturated rings. The first-order valence-electron chi connectivity index (χ1n) is 6.29. The Bertz CT molecular complexity index is 413. The maximum Gasteiger partial charge on any atom is 0.228 e. The van der Waals surface area contributed by atoms with E-state index in [0.717, 1.165) is 17.7 Å². The van der Waals surface area contributed by atoms with Crippen LogP contribution in [0.25, 0.3) is 0 Å². The first-order chi connectivity index (χ1) is 8.40. The molecule has 0 aliphatic heterocycles. The van der Waals surface area contributed by atoms with E-state index in [9.17, 15) is 4.79 Å². The first kappa shape index (κ1) is 14.6. The number of methoxy groups -OCH3 is 1. The van der Waals surface area contributed by atoms with Crippen LogP contribution >= 0.6 is 0 Å². The van der Waals surface area contributed by atoms with E-state index in [-0.39, 0.29) is 11.3 Å². The smallest absolute Gasteiger partial charge is 0.228 e. The first-order valence-corrected chi connectivity index (χ1v) is 6.29. The van der Waals surface area contributed by atoms with Crippen LogP contribution in [0, 0.1) is 5.41 Å². The number of hydrogen-bond donors (Lipinski definition) is 0. The van der Waals surface area contributed by atoms with E-state index in [1.165, 1.54) is 0 Å². The Balaban J connectivity index is 2.75. The minimum atomic E-state index is -0.298. The monoisotopic (exact) mass is 249 g/mol. The quantitative estimate of drug-likeness (QED) is 0.802. The van der Waals surface area contributed by atoms with Crippen LogP contribution in [-0.2, 0) is 11.3 Å². The molecule has 100 valence electrons. The second-order valence-electron chi connectivity index (χ2n) is 5.25. The Morgan fingerprint density at radius 3 is 2.61 bits per heavy atom. The zero-order valence-corrected chi connectivity index (χ0v) is 12.0. The third-order valence-electron chi connectivity index (χ3n) is 3.36. The number of carbonyl (C=O) groups excluding carboxylic acids is 1. The van der Waals surface area contributed by atoms with Gasteiger partial charge in [-0.25, -0.2) is 0 Å². The maximum absolute atomic E-state index is 12.2. The van der Waals surface area contributed by atoms with Crippen molar-refractivity contribution in [1.82, 2.24) is 4.90 Å². The fraction of sp³-hybridized carbons (Fsp3) is 0.533. The van der Waals surface area contributed by atoms with Crippen LogP contribution in [0.5, 0.6) is 5.75 Å². The largest absolute Gasteiger partial charge is 0.497 e. The van der Waals surface area contributed by atoms with Crippen molar-refractivity contribution in [3.05, 3.63) is 29.8 Å². The molecule has 0 aliphatic carbocycles. The molecule has 0 bridgehead atoms. The highest BCUT2D eigenvalue weighted by Crippen LogP contribution is 2.23. The van der Waals surface area contributed by atoms with E-state index in [2.05, 4.69) is 0 Å². The second-order valence-corrected chi connectivity index (χ2v) is 5.25. The standard InChI is InChI=1S/C15H23NO2/c1-6-15(2,3)14(17)16(4)11-12-8-7-9-13(10-12)18-5/h7-10H,6,11H2,1-5H3. The highest BCUT2D eigenvalue weighted by molar-refractivity contribution is 5.81. The molecule has 1 aromatic rings. The van der Waals surface area contributed by atoms with Gasteiger partial charge in [0.1, 0.15) is 5.75 Å². The number of nitrogens with zero attached hydrogens (tertiary/aromatic N) is 1. The third-order valence-corrected chi connectivity index (χ3v) is 3.36. The predicted molar refractivity (Wildman–Crippen MR) is 73.5 cm³/mol. The minimum absolute atomic E-state index is 0.174. The van der Waals surface area contributed by atoms with Gasteiger partial charge in [0.05, 0.1) is 7.11 Å². The van der Waals surface area contributed by atoms with E-state index in [4.69, 9.17) is 4.74 Å². The van der Waals surface area contributed by atoms with Gasteiger partial charge in [0.2, 0.25) is 5.91 Å². The van der Waals surface area contributed by atoms with Gasteiger partial charge in [-0.2, -0.15) is 0 Å². The molecule has 1 amide bonds. The van der Waals surface area contributed by atoms with Crippen LogP contribution < -0.4 is 4.74 Å². The van der Waals surface area contributed by atoms with E-state index >= 15 is 0 Å². The van der Waals surface area contributed by atoms with E-state index in [1.807, 2.05) is 52.1 Å². The number of carbonyl (C=O) groups is 1. The van der Waals surface area contributed by atoms with Crippen molar-refractivity contribution >= 4 is 5.91 Å². The SMILES string of the molecule is CCC(C)(C)C(=O)N(C)Cc1cccc(OC)c1. The lowest BCUT2D eigenvalue weighted by molar-refractivity contribution is -0.139. The Labute approximate surface area is 110 Å². The second kappa shape index (κ2) is 5.89. The summed E-state index contributed by atoms with van der Waals surface area (Å²) >= 11 is 0. The lowest BCUT2D eigenvalue weighted by Gasteiger charge is -2.28. The summed E-state index contributed by atoms with van der Waals surface area (Å²) in [4.78, 5) is 14.0. The molecule has 0 aromatic heterocycles. The van der Waals surface area contributed by atoms with Crippen molar-refractivity contribution in [3.8, 4) is 5.75 Å². The van der Waals surface area contributed by atoms with Crippen LogP contribution in [0.15, 0.2) is 24.3 Å². The van der Waals surface area contributed by atoms with E-state index in [1.54, 1.807) is 12.0 Å². The lowest BCUT2D eigenvalue weighted by Crippen LogP contribution is -2.37. The van der Waals surface area contributed by atoms with Crippen molar-refractivity contribution in [1.29, 1.82) is 0 Å². The molecule has 3 heteroatoms. The molecule has 0 N–H and O–H groups in total. The molecule has 3 nitrogen and oxygen atoms in total. The highest BCUT2D eigenvalue weighted by atomic mass is 16.5. The van der Waals surface area contributed by atoms with Crippen LogP contribution in [-0.4, -0.2) is 25.0 Å². The number of rotatable bonds is 5. The number of ether oxygens (including phenoxy) is 1. The summed E-state index contributed by atoms with van der Waals surface area (Å²) in [6.07, 6.45) is 0.842. The molecule has 1 aromatic carbocycles. The average Bonchev–Trinajstić information content (AvgIpc) is 2.37. The van der Waals surface area contributed by atoms with Gasteiger partial charge in [-0.15, -0.1) is 0 Å². The average molecular weight is 249 g/mol. The summed E-state index contributed by atoms with van der Waals surface area (Å²) in [5.74, 6) is 0.996. The van der Waals surface area contributed by atoms with Gasteiger partial charge in [-0.1, -0.05) is 32.9 Å². The summed E-state index contributed by atoms with van der Waals surface area (Å²) in [5.41, 5.74) is 0.783. The Morgan fingerprint density at radius 2 is 2.06 bits per heavy atom. The van der Waals surface area contributed by atoms with Gasteiger partial charge in [0, 0.05) is 19.0 Å². The van der Waals surface area contributed by atoms with Gasteiger partial charge in [-0.05, 0) is 24.1 Å². The number of amides is 1. The van der Waals surface area contributed by atoms with Gasteiger partial charge >= 0.3 is 0 Å². The van der Waals surface area contributed by atoms with Crippen molar-refractivity contribution in [2.24, 2.45) is 5.41 Å². The summed E-state index contributed by atoms with van der Waals surface area (Å²) in [5, 5.41) is 0. The molecule has 0 unspecified atom stereocenters. The third kappa shape index (κ3) is 3.49.